The summed E-state index contributed by atoms with van der Waals surface area (Å²) >= 11 is 0. The first kappa shape index (κ1) is 18.2. The SMILES string of the molecule is CC(C)CNC(=O)c1ccncc1.NNC(=O)c1ccncc1. The fourth-order valence-corrected chi connectivity index (χ4v) is 1.49. The highest BCUT2D eigenvalue weighted by molar-refractivity contribution is 5.94. The summed E-state index contributed by atoms with van der Waals surface area (Å²) in [7, 11) is 0. The van der Waals surface area contributed by atoms with Crippen molar-refractivity contribution >= 4 is 11.8 Å². The van der Waals surface area contributed by atoms with E-state index in [4.69, 9.17) is 5.84 Å². The number of rotatable bonds is 4. The summed E-state index contributed by atoms with van der Waals surface area (Å²) in [6, 6.07) is 6.58. The average molecular weight is 315 g/mol. The van der Waals surface area contributed by atoms with Gasteiger partial charge in [-0.25, -0.2) is 5.84 Å². The first-order valence-electron chi connectivity index (χ1n) is 7.13. The lowest BCUT2D eigenvalue weighted by Gasteiger charge is -2.06. The van der Waals surface area contributed by atoms with Crippen LogP contribution in [0.4, 0.5) is 0 Å². The number of hydrogen-bond acceptors (Lipinski definition) is 5. The standard InChI is InChI=1S/C10H14N2O.C6H7N3O/c1-8(2)7-12-10(13)9-3-5-11-6-4-9;7-9-6(10)5-1-3-8-4-2-5/h3-6,8H,7H2,1-2H3,(H,12,13);1-4H,7H2,(H,9,10). The molecule has 0 atom stereocenters. The monoisotopic (exact) mass is 315 g/mol. The number of nitrogen functional groups attached to an aromatic ring is 1. The van der Waals surface area contributed by atoms with Gasteiger partial charge in [-0.15, -0.1) is 0 Å². The summed E-state index contributed by atoms with van der Waals surface area (Å²) in [6.45, 7) is 4.83. The highest BCUT2D eigenvalue weighted by atomic mass is 16.2. The molecule has 2 rings (SSSR count). The lowest BCUT2D eigenvalue weighted by atomic mass is 10.2. The number of carbonyl (C=O) groups is 2. The van der Waals surface area contributed by atoms with Gasteiger partial charge in [0, 0.05) is 42.5 Å². The van der Waals surface area contributed by atoms with Crippen LogP contribution in [0.3, 0.4) is 0 Å². The van der Waals surface area contributed by atoms with Gasteiger partial charge in [-0.2, -0.15) is 0 Å². The molecule has 7 nitrogen and oxygen atoms in total. The molecular weight excluding hydrogens is 294 g/mol. The summed E-state index contributed by atoms with van der Waals surface area (Å²) in [6.07, 6.45) is 6.30. The maximum absolute atomic E-state index is 11.4. The Bertz CT molecular complexity index is 602. The second-order valence-electron chi connectivity index (χ2n) is 5.05. The molecule has 2 aromatic heterocycles. The molecule has 0 aliphatic heterocycles. The van der Waals surface area contributed by atoms with Gasteiger partial charge in [-0.3, -0.25) is 25.0 Å². The lowest BCUT2D eigenvalue weighted by Crippen LogP contribution is -2.29. The molecule has 0 aromatic carbocycles. The molecule has 0 saturated heterocycles. The second-order valence-corrected chi connectivity index (χ2v) is 5.05. The van der Waals surface area contributed by atoms with Gasteiger partial charge in [0.25, 0.3) is 11.8 Å². The van der Waals surface area contributed by atoms with Gasteiger partial charge < -0.3 is 5.32 Å². The van der Waals surface area contributed by atoms with Gasteiger partial charge >= 0.3 is 0 Å². The van der Waals surface area contributed by atoms with Crippen LogP contribution in [0.2, 0.25) is 0 Å². The van der Waals surface area contributed by atoms with Crippen LogP contribution in [0.25, 0.3) is 0 Å². The number of hydrogen-bond donors (Lipinski definition) is 3. The number of hydrazine groups is 1. The first-order valence-corrected chi connectivity index (χ1v) is 7.13. The van der Waals surface area contributed by atoms with E-state index >= 15 is 0 Å². The van der Waals surface area contributed by atoms with Crippen molar-refractivity contribution in [3.63, 3.8) is 0 Å². The highest BCUT2D eigenvalue weighted by Crippen LogP contribution is 1.96. The third-order valence-electron chi connectivity index (χ3n) is 2.69. The number of carbonyl (C=O) groups excluding carboxylic acids is 2. The van der Waals surface area contributed by atoms with E-state index in [2.05, 4.69) is 29.1 Å². The minimum Gasteiger partial charge on any atom is -0.352 e. The van der Waals surface area contributed by atoms with E-state index in [0.717, 1.165) is 0 Å². The van der Waals surface area contributed by atoms with E-state index in [9.17, 15) is 9.59 Å². The summed E-state index contributed by atoms with van der Waals surface area (Å²) in [4.78, 5) is 29.7. The number of nitrogens with two attached hydrogens (primary N) is 1. The smallest absolute Gasteiger partial charge is 0.265 e. The largest absolute Gasteiger partial charge is 0.352 e. The molecule has 2 aromatic rings. The van der Waals surface area contributed by atoms with Gasteiger partial charge in [0.2, 0.25) is 0 Å². The minimum atomic E-state index is -0.303. The Morgan fingerprint density at radius 3 is 1.78 bits per heavy atom. The summed E-state index contributed by atoms with van der Waals surface area (Å²) in [5, 5.41) is 2.83. The maximum Gasteiger partial charge on any atom is 0.265 e. The third kappa shape index (κ3) is 7.14. The molecule has 0 radical (unpaired) electrons. The topological polar surface area (TPSA) is 110 Å². The number of pyridine rings is 2. The van der Waals surface area contributed by atoms with Crippen molar-refractivity contribution < 1.29 is 9.59 Å². The number of nitrogens with one attached hydrogen (secondary N) is 2. The van der Waals surface area contributed by atoms with Gasteiger partial charge in [0.15, 0.2) is 0 Å². The van der Waals surface area contributed by atoms with Gasteiger partial charge in [-0.05, 0) is 30.2 Å². The van der Waals surface area contributed by atoms with Crippen molar-refractivity contribution in [2.45, 2.75) is 13.8 Å². The van der Waals surface area contributed by atoms with Crippen LogP contribution in [0.1, 0.15) is 34.6 Å². The van der Waals surface area contributed by atoms with Crippen LogP contribution in [-0.4, -0.2) is 28.3 Å². The molecule has 0 aliphatic carbocycles. The highest BCUT2D eigenvalue weighted by Gasteiger charge is 2.03. The quantitative estimate of drug-likeness (QED) is 0.445. The molecule has 122 valence electrons. The molecule has 7 heteroatoms. The van der Waals surface area contributed by atoms with E-state index < -0.39 is 0 Å². The van der Waals surface area contributed by atoms with E-state index in [1.165, 1.54) is 12.4 Å². The maximum atomic E-state index is 11.4. The molecule has 2 heterocycles. The Kier molecular flexibility index (Phi) is 7.95. The number of aromatic nitrogens is 2. The zero-order valence-electron chi connectivity index (χ0n) is 13.2. The summed E-state index contributed by atoms with van der Waals surface area (Å²) in [5.74, 6) is 5.03. The van der Waals surface area contributed by atoms with Crippen LogP contribution >= 0.6 is 0 Å². The molecule has 0 bridgehead atoms. The molecule has 0 aliphatic rings. The lowest BCUT2D eigenvalue weighted by molar-refractivity contribution is 0.0943. The van der Waals surface area contributed by atoms with Crippen molar-refractivity contribution in [3.05, 3.63) is 60.2 Å². The Labute approximate surface area is 135 Å². The van der Waals surface area contributed by atoms with E-state index in [1.54, 1.807) is 36.7 Å². The minimum absolute atomic E-state index is 0.0314. The van der Waals surface area contributed by atoms with Crippen LogP contribution in [0, 0.1) is 5.92 Å². The average Bonchev–Trinajstić information content (AvgIpc) is 2.61. The van der Waals surface area contributed by atoms with Crippen LogP contribution in [0.5, 0.6) is 0 Å². The molecule has 4 N–H and O–H groups in total. The van der Waals surface area contributed by atoms with Crippen molar-refractivity contribution in [2.24, 2.45) is 11.8 Å². The van der Waals surface area contributed by atoms with Crippen LogP contribution < -0.4 is 16.6 Å². The zero-order chi connectivity index (χ0) is 17.1. The fraction of sp³-hybridized carbons (Fsp3) is 0.250. The van der Waals surface area contributed by atoms with Crippen LogP contribution in [-0.2, 0) is 0 Å². The predicted octanol–water partition coefficient (Wildman–Crippen LogP) is 1.15. The van der Waals surface area contributed by atoms with Gasteiger partial charge in [-0.1, -0.05) is 13.8 Å². The fourth-order valence-electron chi connectivity index (χ4n) is 1.49. The number of amides is 2. The van der Waals surface area contributed by atoms with E-state index in [1.807, 2.05) is 5.43 Å². The summed E-state index contributed by atoms with van der Waals surface area (Å²) in [5.41, 5.74) is 3.19. The molecule has 0 fully saturated rings. The second kappa shape index (κ2) is 10.0. The molecular formula is C16H21N5O2. The van der Waals surface area contributed by atoms with Crippen LogP contribution in [0.15, 0.2) is 49.1 Å². The normalized spacial score (nSPS) is 9.57. The zero-order valence-corrected chi connectivity index (χ0v) is 13.2. The van der Waals surface area contributed by atoms with Gasteiger partial charge in [0.05, 0.1) is 0 Å². The van der Waals surface area contributed by atoms with Crippen molar-refractivity contribution in [1.82, 2.24) is 20.7 Å². The molecule has 0 unspecified atom stereocenters. The molecule has 0 spiro atoms. The van der Waals surface area contributed by atoms with E-state index in [0.29, 0.717) is 23.6 Å². The van der Waals surface area contributed by atoms with Crippen molar-refractivity contribution in [1.29, 1.82) is 0 Å². The van der Waals surface area contributed by atoms with Crippen molar-refractivity contribution in [2.75, 3.05) is 6.54 Å². The molecule has 23 heavy (non-hydrogen) atoms. The molecule has 2 amide bonds. The van der Waals surface area contributed by atoms with Gasteiger partial charge in [0.1, 0.15) is 0 Å². The van der Waals surface area contributed by atoms with E-state index in [-0.39, 0.29) is 11.8 Å². The Morgan fingerprint density at radius 1 is 0.957 bits per heavy atom. The third-order valence-corrected chi connectivity index (χ3v) is 2.69. The predicted molar refractivity (Wildman–Crippen MR) is 87.3 cm³/mol. The molecule has 0 saturated carbocycles. The Morgan fingerprint density at radius 2 is 1.39 bits per heavy atom. The Hall–Kier alpha value is -2.80. The summed E-state index contributed by atoms with van der Waals surface area (Å²) < 4.78 is 0. The number of nitrogens with zero attached hydrogens (tertiary/aromatic N) is 2. The Balaban J connectivity index is 0.000000238. The first-order chi connectivity index (χ1) is 11.0. The van der Waals surface area contributed by atoms with Crippen molar-refractivity contribution in [3.8, 4) is 0 Å².